The highest BCUT2D eigenvalue weighted by atomic mass is 32.2. The zero-order valence-electron chi connectivity index (χ0n) is 19.9. The summed E-state index contributed by atoms with van der Waals surface area (Å²) in [7, 11) is 0. The molecule has 1 fully saturated rings. The van der Waals surface area contributed by atoms with Crippen LogP contribution in [0.2, 0.25) is 0 Å². The molecule has 10 heteroatoms. The zero-order chi connectivity index (χ0) is 25.8. The van der Waals surface area contributed by atoms with E-state index in [0.29, 0.717) is 33.8 Å². The number of benzene rings is 2. The Kier molecular flexibility index (Phi) is 7.38. The van der Waals surface area contributed by atoms with Gasteiger partial charge in [0.15, 0.2) is 4.34 Å². The second-order valence-electron chi connectivity index (χ2n) is 8.18. The largest absolute Gasteiger partial charge is 0.507 e. The Morgan fingerprint density at radius 3 is 2.57 bits per heavy atom. The van der Waals surface area contributed by atoms with Crippen LogP contribution in [0.15, 0.2) is 87.3 Å². The lowest BCUT2D eigenvalue weighted by atomic mass is 9.99. The number of ether oxygens (including phenoxy) is 1. The number of rotatable bonds is 9. The van der Waals surface area contributed by atoms with Crippen LogP contribution in [0.5, 0.6) is 5.75 Å². The molecule has 0 spiro atoms. The summed E-state index contributed by atoms with van der Waals surface area (Å²) in [6.45, 7) is 2.58. The lowest BCUT2D eigenvalue weighted by molar-refractivity contribution is -0.132. The van der Waals surface area contributed by atoms with Crippen molar-refractivity contribution in [2.24, 2.45) is 0 Å². The van der Waals surface area contributed by atoms with E-state index in [-0.39, 0.29) is 16.5 Å². The predicted molar refractivity (Wildman–Crippen MR) is 142 cm³/mol. The number of nitrogens with zero attached hydrogens (tertiary/aromatic N) is 3. The fourth-order valence-electron chi connectivity index (χ4n) is 3.91. The van der Waals surface area contributed by atoms with Crippen LogP contribution in [-0.4, -0.2) is 33.6 Å². The zero-order valence-corrected chi connectivity index (χ0v) is 21.5. The smallest absolute Gasteiger partial charge is 0.302 e. The summed E-state index contributed by atoms with van der Waals surface area (Å²) in [5, 5.41) is 19.9. The number of ketones is 1. The molecule has 0 bridgehead atoms. The van der Waals surface area contributed by atoms with Crippen molar-refractivity contribution in [3.05, 3.63) is 95.5 Å². The molecule has 1 aliphatic heterocycles. The van der Waals surface area contributed by atoms with Crippen molar-refractivity contribution in [2.75, 3.05) is 11.5 Å². The molecule has 0 aliphatic carbocycles. The van der Waals surface area contributed by atoms with E-state index in [2.05, 4.69) is 10.2 Å². The summed E-state index contributed by atoms with van der Waals surface area (Å²) in [6, 6.07) is 19.0. The summed E-state index contributed by atoms with van der Waals surface area (Å²) in [6.07, 6.45) is 2.32. The van der Waals surface area contributed by atoms with Gasteiger partial charge in [0.25, 0.3) is 5.78 Å². The van der Waals surface area contributed by atoms with Gasteiger partial charge in [0.2, 0.25) is 5.13 Å². The van der Waals surface area contributed by atoms with E-state index >= 15 is 0 Å². The van der Waals surface area contributed by atoms with Crippen LogP contribution < -0.4 is 9.64 Å². The SMILES string of the molecule is CCCOc1ccc(/C(O)=C2\C(=O)C(=O)N(c3nnc(SCc4ccccc4)s3)C2c2ccco2)cc1. The fourth-order valence-corrected chi connectivity index (χ4v) is 5.73. The summed E-state index contributed by atoms with van der Waals surface area (Å²) in [5.41, 5.74) is 1.44. The minimum absolute atomic E-state index is 0.0733. The van der Waals surface area contributed by atoms with Gasteiger partial charge < -0.3 is 14.3 Å². The molecule has 4 aromatic rings. The molecule has 1 atom stereocenters. The number of carbonyl (C=O) groups is 2. The molecule has 1 amide bonds. The Hall–Kier alpha value is -3.89. The van der Waals surface area contributed by atoms with Crippen molar-refractivity contribution < 1.29 is 23.8 Å². The second-order valence-corrected chi connectivity index (χ2v) is 10.4. The number of aromatic nitrogens is 2. The lowest BCUT2D eigenvalue weighted by Crippen LogP contribution is -2.29. The number of amides is 1. The van der Waals surface area contributed by atoms with E-state index in [1.54, 1.807) is 36.4 Å². The highest BCUT2D eigenvalue weighted by Crippen LogP contribution is 2.44. The molecule has 1 saturated heterocycles. The molecule has 37 heavy (non-hydrogen) atoms. The van der Waals surface area contributed by atoms with Crippen LogP contribution in [-0.2, 0) is 15.3 Å². The number of hydrogen-bond donors (Lipinski definition) is 1. The minimum atomic E-state index is -0.981. The molecule has 8 nitrogen and oxygen atoms in total. The summed E-state index contributed by atoms with van der Waals surface area (Å²) in [5.74, 6) is -0.255. The van der Waals surface area contributed by atoms with Gasteiger partial charge >= 0.3 is 5.91 Å². The number of furan rings is 1. The molecule has 1 N–H and O–H groups in total. The van der Waals surface area contributed by atoms with Crippen molar-refractivity contribution in [1.29, 1.82) is 0 Å². The molecule has 188 valence electrons. The van der Waals surface area contributed by atoms with E-state index < -0.39 is 17.7 Å². The Morgan fingerprint density at radius 1 is 1.08 bits per heavy atom. The minimum Gasteiger partial charge on any atom is -0.507 e. The molecular formula is C27H23N3O5S2. The van der Waals surface area contributed by atoms with Crippen molar-refractivity contribution in [3.8, 4) is 5.75 Å². The van der Waals surface area contributed by atoms with Gasteiger partial charge in [0, 0.05) is 11.3 Å². The van der Waals surface area contributed by atoms with Gasteiger partial charge in [-0.05, 0) is 48.4 Å². The Bertz CT molecular complexity index is 1420. The third-order valence-corrected chi connectivity index (χ3v) is 7.79. The van der Waals surface area contributed by atoms with Gasteiger partial charge in [-0.3, -0.25) is 14.5 Å². The van der Waals surface area contributed by atoms with Gasteiger partial charge in [0.05, 0.1) is 18.4 Å². The van der Waals surface area contributed by atoms with Crippen LogP contribution >= 0.6 is 23.1 Å². The number of thioether (sulfide) groups is 1. The highest BCUT2D eigenvalue weighted by Gasteiger charge is 2.49. The molecule has 3 heterocycles. The number of aliphatic hydroxyl groups is 1. The molecule has 5 rings (SSSR count). The molecule has 0 saturated carbocycles. The topological polar surface area (TPSA) is 106 Å². The van der Waals surface area contributed by atoms with Crippen molar-refractivity contribution in [3.63, 3.8) is 0 Å². The van der Waals surface area contributed by atoms with Gasteiger partial charge in [0.1, 0.15) is 23.3 Å². The van der Waals surface area contributed by atoms with E-state index in [1.165, 1.54) is 34.3 Å². The lowest BCUT2D eigenvalue weighted by Gasteiger charge is -2.20. The first-order valence-electron chi connectivity index (χ1n) is 11.6. The van der Waals surface area contributed by atoms with Crippen molar-refractivity contribution >= 4 is 45.7 Å². The molecular weight excluding hydrogens is 510 g/mol. The first kappa shape index (κ1) is 24.8. The summed E-state index contributed by atoms with van der Waals surface area (Å²) in [4.78, 5) is 27.7. The van der Waals surface area contributed by atoms with Crippen LogP contribution in [0.1, 0.15) is 36.3 Å². The average Bonchev–Trinajstić information content (AvgIpc) is 3.67. The maximum Gasteiger partial charge on any atom is 0.302 e. The van der Waals surface area contributed by atoms with Crippen molar-refractivity contribution in [2.45, 2.75) is 29.5 Å². The van der Waals surface area contributed by atoms with Crippen LogP contribution in [0.25, 0.3) is 5.76 Å². The van der Waals surface area contributed by atoms with E-state index in [1.807, 2.05) is 37.3 Å². The Morgan fingerprint density at radius 2 is 1.86 bits per heavy atom. The molecule has 2 aromatic carbocycles. The molecule has 2 aromatic heterocycles. The Labute approximate surface area is 221 Å². The van der Waals surface area contributed by atoms with Gasteiger partial charge in [-0.15, -0.1) is 10.2 Å². The monoisotopic (exact) mass is 533 g/mol. The first-order chi connectivity index (χ1) is 18.1. The molecule has 1 unspecified atom stereocenters. The molecule has 1 aliphatic rings. The number of Topliss-reactive ketones (excluding diaryl/α,β-unsaturated/α-hetero) is 1. The number of aliphatic hydroxyl groups excluding tert-OH is 1. The predicted octanol–water partition coefficient (Wildman–Crippen LogP) is 5.84. The van der Waals surface area contributed by atoms with E-state index in [4.69, 9.17) is 9.15 Å². The van der Waals surface area contributed by atoms with Gasteiger partial charge in [-0.25, -0.2) is 0 Å². The number of carbonyl (C=O) groups excluding carboxylic acids is 2. The second kappa shape index (κ2) is 11.0. The quantitative estimate of drug-likeness (QED) is 0.0941. The maximum atomic E-state index is 13.2. The van der Waals surface area contributed by atoms with Crippen LogP contribution in [0, 0.1) is 0 Å². The summed E-state index contributed by atoms with van der Waals surface area (Å²) < 4.78 is 11.9. The third kappa shape index (κ3) is 5.16. The van der Waals surface area contributed by atoms with Crippen LogP contribution in [0.4, 0.5) is 5.13 Å². The maximum absolute atomic E-state index is 13.2. The van der Waals surface area contributed by atoms with Gasteiger partial charge in [-0.1, -0.05) is 60.4 Å². The Balaban J connectivity index is 1.47. The van der Waals surface area contributed by atoms with Crippen LogP contribution in [0.3, 0.4) is 0 Å². The number of anilines is 1. The molecule has 0 radical (unpaired) electrons. The first-order valence-corrected chi connectivity index (χ1v) is 13.4. The highest BCUT2D eigenvalue weighted by molar-refractivity contribution is 8.00. The standard InChI is InChI=1S/C27H23N3O5S2/c1-2-14-34-19-12-10-18(11-13-19)23(31)21-22(20-9-6-15-35-20)30(25(33)24(21)32)26-28-29-27(37-26)36-16-17-7-4-3-5-8-17/h3-13,15,22,31H,2,14,16H2,1H3/b23-21+. The van der Waals surface area contributed by atoms with E-state index in [0.717, 1.165) is 12.0 Å². The van der Waals surface area contributed by atoms with Gasteiger partial charge in [-0.2, -0.15) is 0 Å². The van der Waals surface area contributed by atoms with E-state index in [9.17, 15) is 14.7 Å². The summed E-state index contributed by atoms with van der Waals surface area (Å²) >= 11 is 2.70. The van der Waals surface area contributed by atoms with Crippen molar-refractivity contribution in [1.82, 2.24) is 10.2 Å². The number of hydrogen-bond acceptors (Lipinski definition) is 9. The fraction of sp³-hybridized carbons (Fsp3) is 0.185. The average molecular weight is 534 g/mol. The third-order valence-electron chi connectivity index (χ3n) is 5.66. The normalized spacial score (nSPS) is 16.9.